The fourth-order valence-electron chi connectivity index (χ4n) is 1.71. The molecule has 20 heavy (non-hydrogen) atoms. The van der Waals surface area contributed by atoms with Gasteiger partial charge < -0.3 is 10.5 Å². The monoisotopic (exact) mass is 273 g/mol. The summed E-state index contributed by atoms with van der Waals surface area (Å²) < 4.78 is 6.15. The zero-order valence-electron chi connectivity index (χ0n) is 11.1. The summed E-state index contributed by atoms with van der Waals surface area (Å²) in [4.78, 5) is 27.4. The van der Waals surface area contributed by atoms with Gasteiger partial charge in [0.05, 0.1) is 12.6 Å². The lowest BCUT2D eigenvalue weighted by Crippen LogP contribution is -2.19. The fourth-order valence-corrected chi connectivity index (χ4v) is 1.71. The quantitative estimate of drug-likeness (QED) is 0.856. The maximum Gasteiger partial charge on any atom is 0.312 e. The molecule has 0 radical (unpaired) electrons. The molecule has 1 heterocycles. The Hall–Kier alpha value is -2.63. The SMILES string of the molecule is CCC(=O)Oc1cnc(N)n1C(=O)Cc1ccccc1. The van der Waals surface area contributed by atoms with Gasteiger partial charge in [-0.05, 0) is 5.56 Å². The van der Waals surface area contributed by atoms with E-state index in [9.17, 15) is 9.59 Å². The van der Waals surface area contributed by atoms with Crippen molar-refractivity contribution < 1.29 is 14.3 Å². The van der Waals surface area contributed by atoms with Crippen LogP contribution < -0.4 is 10.5 Å². The maximum atomic E-state index is 12.2. The standard InChI is InChI=1S/C14H15N3O3/c1-2-13(19)20-12-9-16-14(15)17(12)11(18)8-10-6-4-3-5-7-10/h3-7,9H,2,8H2,1H3,(H2,15,16). The van der Waals surface area contributed by atoms with Crippen LogP contribution in [0.1, 0.15) is 23.7 Å². The largest absolute Gasteiger partial charge is 0.407 e. The van der Waals surface area contributed by atoms with Crippen LogP contribution in [0.2, 0.25) is 0 Å². The van der Waals surface area contributed by atoms with Crippen LogP contribution in [0.3, 0.4) is 0 Å². The zero-order chi connectivity index (χ0) is 14.5. The van der Waals surface area contributed by atoms with E-state index in [0.29, 0.717) is 0 Å². The summed E-state index contributed by atoms with van der Waals surface area (Å²) in [7, 11) is 0. The van der Waals surface area contributed by atoms with E-state index in [-0.39, 0.29) is 30.6 Å². The summed E-state index contributed by atoms with van der Waals surface area (Å²) in [6, 6.07) is 9.23. The highest BCUT2D eigenvalue weighted by atomic mass is 16.5. The number of carbonyl (C=O) groups is 2. The number of ether oxygens (including phenoxy) is 1. The molecule has 1 aromatic heterocycles. The Morgan fingerprint density at radius 3 is 2.65 bits per heavy atom. The minimum Gasteiger partial charge on any atom is -0.407 e. The molecule has 2 rings (SSSR count). The molecule has 104 valence electrons. The van der Waals surface area contributed by atoms with E-state index in [1.165, 1.54) is 6.20 Å². The Morgan fingerprint density at radius 2 is 2.00 bits per heavy atom. The van der Waals surface area contributed by atoms with E-state index in [0.717, 1.165) is 10.1 Å². The second-order valence-electron chi connectivity index (χ2n) is 4.17. The Kier molecular flexibility index (Phi) is 4.14. The van der Waals surface area contributed by atoms with Crippen molar-refractivity contribution in [2.45, 2.75) is 19.8 Å². The molecule has 6 heteroatoms. The summed E-state index contributed by atoms with van der Waals surface area (Å²) in [5.41, 5.74) is 6.50. The minimum absolute atomic E-state index is 0.00448. The molecule has 2 N–H and O–H groups in total. The molecule has 0 spiro atoms. The maximum absolute atomic E-state index is 12.2. The van der Waals surface area contributed by atoms with Crippen molar-refractivity contribution in [3.05, 3.63) is 42.1 Å². The molecule has 0 saturated heterocycles. The predicted octanol–water partition coefficient (Wildman–Crippen LogP) is 1.66. The van der Waals surface area contributed by atoms with Gasteiger partial charge in [0.25, 0.3) is 0 Å². The van der Waals surface area contributed by atoms with Gasteiger partial charge in [0.1, 0.15) is 0 Å². The van der Waals surface area contributed by atoms with E-state index >= 15 is 0 Å². The zero-order valence-corrected chi connectivity index (χ0v) is 11.1. The third-order valence-electron chi connectivity index (χ3n) is 2.71. The molecule has 0 aliphatic heterocycles. The van der Waals surface area contributed by atoms with Gasteiger partial charge in [-0.25, -0.2) is 9.55 Å². The second kappa shape index (κ2) is 6.01. The summed E-state index contributed by atoms with van der Waals surface area (Å²) in [5, 5.41) is 0. The third kappa shape index (κ3) is 3.03. The molecule has 1 aromatic carbocycles. The average Bonchev–Trinajstić information content (AvgIpc) is 2.80. The second-order valence-corrected chi connectivity index (χ2v) is 4.17. The molecule has 0 unspecified atom stereocenters. The Balaban J connectivity index is 2.21. The van der Waals surface area contributed by atoms with E-state index in [2.05, 4.69) is 4.98 Å². The first-order chi connectivity index (χ1) is 9.61. The third-order valence-corrected chi connectivity index (χ3v) is 2.71. The van der Waals surface area contributed by atoms with Gasteiger partial charge in [-0.15, -0.1) is 0 Å². The van der Waals surface area contributed by atoms with Crippen molar-refractivity contribution in [1.82, 2.24) is 9.55 Å². The van der Waals surface area contributed by atoms with Gasteiger partial charge in [-0.3, -0.25) is 9.59 Å². The molecular weight excluding hydrogens is 258 g/mol. The lowest BCUT2D eigenvalue weighted by Gasteiger charge is -2.08. The van der Waals surface area contributed by atoms with Crippen LogP contribution >= 0.6 is 0 Å². The Labute approximate surface area is 116 Å². The van der Waals surface area contributed by atoms with Gasteiger partial charge in [0, 0.05) is 6.42 Å². The number of aromatic nitrogens is 2. The molecule has 0 amide bonds. The van der Waals surface area contributed by atoms with Crippen molar-refractivity contribution in [2.24, 2.45) is 0 Å². The molecule has 0 aliphatic rings. The number of esters is 1. The van der Waals surface area contributed by atoms with E-state index in [1.54, 1.807) is 6.92 Å². The summed E-state index contributed by atoms with van der Waals surface area (Å²) in [6.45, 7) is 1.66. The van der Waals surface area contributed by atoms with Gasteiger partial charge in [0.15, 0.2) is 0 Å². The highest BCUT2D eigenvalue weighted by Crippen LogP contribution is 2.17. The number of nitrogens with two attached hydrogens (primary N) is 1. The lowest BCUT2D eigenvalue weighted by atomic mass is 10.1. The molecule has 0 bridgehead atoms. The van der Waals surface area contributed by atoms with Crippen LogP contribution in [-0.4, -0.2) is 21.4 Å². The van der Waals surface area contributed by atoms with Gasteiger partial charge in [-0.1, -0.05) is 37.3 Å². The van der Waals surface area contributed by atoms with Crippen LogP contribution in [0.25, 0.3) is 0 Å². The predicted molar refractivity (Wildman–Crippen MR) is 73.3 cm³/mol. The highest BCUT2D eigenvalue weighted by Gasteiger charge is 2.18. The number of nitrogen functional groups attached to an aromatic ring is 1. The number of benzene rings is 1. The summed E-state index contributed by atoms with van der Waals surface area (Å²) in [6.07, 6.45) is 1.63. The van der Waals surface area contributed by atoms with E-state index in [1.807, 2.05) is 30.3 Å². The van der Waals surface area contributed by atoms with Crippen LogP contribution in [0.4, 0.5) is 5.95 Å². The summed E-state index contributed by atoms with van der Waals surface area (Å²) in [5.74, 6) is -0.691. The number of carbonyl (C=O) groups excluding carboxylic acids is 2. The molecule has 0 aliphatic carbocycles. The van der Waals surface area contributed by atoms with Crippen molar-refractivity contribution in [3.63, 3.8) is 0 Å². The Morgan fingerprint density at radius 1 is 1.30 bits per heavy atom. The minimum atomic E-state index is -0.446. The van der Waals surface area contributed by atoms with E-state index < -0.39 is 5.97 Å². The first kappa shape index (κ1) is 13.8. The van der Waals surface area contributed by atoms with Crippen molar-refractivity contribution in [3.8, 4) is 5.88 Å². The lowest BCUT2D eigenvalue weighted by molar-refractivity contribution is -0.134. The number of rotatable bonds is 4. The number of imidazole rings is 1. The molecule has 0 atom stereocenters. The first-order valence-corrected chi connectivity index (χ1v) is 6.22. The smallest absolute Gasteiger partial charge is 0.312 e. The molecular formula is C14H15N3O3. The van der Waals surface area contributed by atoms with Crippen molar-refractivity contribution in [2.75, 3.05) is 5.73 Å². The molecule has 0 fully saturated rings. The van der Waals surface area contributed by atoms with Crippen LogP contribution in [0.5, 0.6) is 5.88 Å². The average molecular weight is 273 g/mol. The Bertz CT molecular complexity index is 620. The normalized spacial score (nSPS) is 10.2. The van der Waals surface area contributed by atoms with Crippen molar-refractivity contribution >= 4 is 17.8 Å². The molecule has 2 aromatic rings. The number of nitrogens with zero attached hydrogens (tertiary/aromatic N) is 2. The highest BCUT2D eigenvalue weighted by molar-refractivity contribution is 5.86. The molecule has 6 nitrogen and oxygen atoms in total. The molecule has 0 saturated carbocycles. The number of hydrogen-bond donors (Lipinski definition) is 1. The van der Waals surface area contributed by atoms with Gasteiger partial charge in [-0.2, -0.15) is 0 Å². The topological polar surface area (TPSA) is 87.2 Å². The first-order valence-electron chi connectivity index (χ1n) is 6.22. The number of anilines is 1. The van der Waals surface area contributed by atoms with Gasteiger partial charge >= 0.3 is 5.97 Å². The van der Waals surface area contributed by atoms with E-state index in [4.69, 9.17) is 10.5 Å². The van der Waals surface area contributed by atoms with Crippen LogP contribution in [-0.2, 0) is 11.2 Å². The van der Waals surface area contributed by atoms with Crippen LogP contribution in [0, 0.1) is 0 Å². The van der Waals surface area contributed by atoms with Gasteiger partial charge in [0.2, 0.25) is 17.7 Å². The number of hydrogen-bond acceptors (Lipinski definition) is 5. The van der Waals surface area contributed by atoms with Crippen molar-refractivity contribution in [1.29, 1.82) is 0 Å². The van der Waals surface area contributed by atoms with Crippen LogP contribution in [0.15, 0.2) is 36.5 Å². The summed E-state index contributed by atoms with van der Waals surface area (Å²) >= 11 is 0. The fraction of sp³-hybridized carbons (Fsp3) is 0.214.